The second-order valence-corrected chi connectivity index (χ2v) is 3.73. The molecule has 0 saturated carbocycles. The van der Waals surface area contributed by atoms with Gasteiger partial charge in [0.25, 0.3) is 5.91 Å². The molecular weight excluding hydrogens is 281 g/mol. The number of ether oxygens (including phenoxy) is 1. The van der Waals surface area contributed by atoms with Crippen LogP contribution in [-0.2, 0) is 9.57 Å². The molecule has 0 radical (unpaired) electrons. The van der Waals surface area contributed by atoms with Gasteiger partial charge in [-0.1, -0.05) is 6.07 Å². The van der Waals surface area contributed by atoms with E-state index in [1.165, 1.54) is 19.2 Å². The number of amides is 1. The van der Waals surface area contributed by atoms with Gasteiger partial charge in [-0.15, -0.1) is 0 Å². The standard InChI is InChI=1S/C10H11BrFNO3/c1-15-5-6-16-13-10(14)7-3-2-4-8(11)9(7)12/h2-4H,5-6H2,1H3,(H,13,14). The van der Waals surface area contributed by atoms with Crippen molar-refractivity contribution in [1.29, 1.82) is 0 Å². The van der Waals surface area contributed by atoms with Crippen LogP contribution in [0.15, 0.2) is 22.7 Å². The van der Waals surface area contributed by atoms with Crippen molar-refractivity contribution in [2.45, 2.75) is 0 Å². The monoisotopic (exact) mass is 291 g/mol. The first-order chi connectivity index (χ1) is 7.66. The summed E-state index contributed by atoms with van der Waals surface area (Å²) in [4.78, 5) is 16.2. The number of rotatable bonds is 5. The minimum Gasteiger partial charge on any atom is -0.382 e. The molecule has 6 heteroatoms. The third-order valence-corrected chi connectivity index (χ3v) is 2.36. The maximum atomic E-state index is 13.4. The summed E-state index contributed by atoms with van der Waals surface area (Å²) < 4.78 is 18.4. The minimum atomic E-state index is -0.630. The Morgan fingerprint density at radius 1 is 1.50 bits per heavy atom. The third kappa shape index (κ3) is 3.55. The summed E-state index contributed by atoms with van der Waals surface area (Å²) in [6.45, 7) is 0.555. The molecule has 1 amide bonds. The molecule has 0 fully saturated rings. The van der Waals surface area contributed by atoms with E-state index in [-0.39, 0.29) is 16.6 Å². The maximum Gasteiger partial charge on any atom is 0.277 e. The summed E-state index contributed by atoms with van der Waals surface area (Å²) in [7, 11) is 1.51. The van der Waals surface area contributed by atoms with Crippen molar-refractivity contribution in [2.24, 2.45) is 0 Å². The molecule has 0 aliphatic heterocycles. The highest BCUT2D eigenvalue weighted by atomic mass is 79.9. The van der Waals surface area contributed by atoms with Gasteiger partial charge in [-0.25, -0.2) is 9.87 Å². The van der Waals surface area contributed by atoms with E-state index < -0.39 is 11.7 Å². The van der Waals surface area contributed by atoms with Gasteiger partial charge in [0.2, 0.25) is 0 Å². The first-order valence-electron chi connectivity index (χ1n) is 4.52. The average molecular weight is 292 g/mol. The second-order valence-electron chi connectivity index (χ2n) is 2.87. The molecule has 0 unspecified atom stereocenters. The van der Waals surface area contributed by atoms with Gasteiger partial charge < -0.3 is 4.74 Å². The van der Waals surface area contributed by atoms with Gasteiger partial charge >= 0.3 is 0 Å². The Balaban J connectivity index is 2.56. The van der Waals surface area contributed by atoms with E-state index in [0.29, 0.717) is 6.61 Å². The van der Waals surface area contributed by atoms with Crippen molar-refractivity contribution in [3.8, 4) is 0 Å². The lowest BCUT2D eigenvalue weighted by Gasteiger charge is -2.06. The molecule has 1 aromatic carbocycles. The van der Waals surface area contributed by atoms with Gasteiger partial charge in [0, 0.05) is 7.11 Å². The molecule has 0 saturated heterocycles. The number of carbonyl (C=O) groups excluding carboxylic acids is 1. The second kappa shape index (κ2) is 6.57. The van der Waals surface area contributed by atoms with E-state index in [0.717, 1.165) is 0 Å². The van der Waals surface area contributed by atoms with Crippen LogP contribution in [-0.4, -0.2) is 26.2 Å². The fourth-order valence-electron chi connectivity index (χ4n) is 0.976. The highest BCUT2D eigenvalue weighted by Gasteiger charge is 2.13. The molecule has 0 bridgehead atoms. The molecular formula is C10H11BrFNO3. The van der Waals surface area contributed by atoms with Crippen LogP contribution in [0.1, 0.15) is 10.4 Å². The molecule has 1 N–H and O–H groups in total. The van der Waals surface area contributed by atoms with Crippen molar-refractivity contribution < 1.29 is 18.8 Å². The van der Waals surface area contributed by atoms with E-state index in [1.807, 2.05) is 0 Å². The topological polar surface area (TPSA) is 47.6 Å². The number of halogens is 2. The number of benzene rings is 1. The molecule has 16 heavy (non-hydrogen) atoms. The number of hydrogen-bond donors (Lipinski definition) is 1. The van der Waals surface area contributed by atoms with E-state index >= 15 is 0 Å². The van der Waals surface area contributed by atoms with Gasteiger partial charge in [0.15, 0.2) is 0 Å². The van der Waals surface area contributed by atoms with Crippen molar-refractivity contribution in [3.63, 3.8) is 0 Å². The molecule has 0 aliphatic rings. The lowest BCUT2D eigenvalue weighted by atomic mass is 10.2. The zero-order chi connectivity index (χ0) is 12.0. The van der Waals surface area contributed by atoms with Crippen molar-refractivity contribution in [2.75, 3.05) is 20.3 Å². The third-order valence-electron chi connectivity index (χ3n) is 1.75. The van der Waals surface area contributed by atoms with Crippen LogP contribution in [0.3, 0.4) is 0 Å². The number of methoxy groups -OCH3 is 1. The molecule has 1 rings (SSSR count). The van der Waals surface area contributed by atoms with Crippen LogP contribution in [0.2, 0.25) is 0 Å². The van der Waals surface area contributed by atoms with Gasteiger partial charge in [-0.05, 0) is 28.1 Å². The number of hydrogen-bond acceptors (Lipinski definition) is 3. The van der Waals surface area contributed by atoms with E-state index in [9.17, 15) is 9.18 Å². The first-order valence-corrected chi connectivity index (χ1v) is 5.31. The lowest BCUT2D eigenvalue weighted by molar-refractivity contribution is 0.00864. The molecule has 88 valence electrons. The summed E-state index contributed by atoms with van der Waals surface area (Å²) in [6.07, 6.45) is 0. The van der Waals surface area contributed by atoms with Gasteiger partial charge in [-0.2, -0.15) is 0 Å². The van der Waals surface area contributed by atoms with E-state index in [2.05, 4.69) is 21.4 Å². The highest BCUT2D eigenvalue weighted by Crippen LogP contribution is 2.18. The Morgan fingerprint density at radius 3 is 2.94 bits per heavy atom. The zero-order valence-corrected chi connectivity index (χ0v) is 10.2. The molecule has 0 aliphatic carbocycles. The molecule has 1 aromatic rings. The summed E-state index contributed by atoms with van der Waals surface area (Å²) in [5.74, 6) is -1.25. The Labute approximate surface area is 101 Å². The van der Waals surface area contributed by atoms with E-state index in [4.69, 9.17) is 9.57 Å². The lowest BCUT2D eigenvalue weighted by Crippen LogP contribution is -2.26. The Hall–Kier alpha value is -0.980. The smallest absolute Gasteiger partial charge is 0.277 e. The molecule has 0 aromatic heterocycles. The fourth-order valence-corrected chi connectivity index (χ4v) is 1.34. The number of carbonyl (C=O) groups is 1. The summed E-state index contributed by atoms with van der Waals surface area (Å²) >= 11 is 2.99. The van der Waals surface area contributed by atoms with Gasteiger partial charge in [0.1, 0.15) is 5.82 Å². The van der Waals surface area contributed by atoms with Crippen molar-refractivity contribution >= 4 is 21.8 Å². The largest absolute Gasteiger partial charge is 0.382 e. The van der Waals surface area contributed by atoms with Crippen LogP contribution >= 0.6 is 15.9 Å². The minimum absolute atomic E-state index is 0.0770. The first kappa shape index (κ1) is 13.1. The maximum absolute atomic E-state index is 13.4. The van der Waals surface area contributed by atoms with Crippen LogP contribution in [0, 0.1) is 5.82 Å². The Kier molecular flexibility index (Phi) is 5.37. The number of hydroxylamine groups is 1. The fraction of sp³-hybridized carbons (Fsp3) is 0.300. The van der Waals surface area contributed by atoms with E-state index in [1.54, 1.807) is 6.07 Å². The predicted molar refractivity (Wildman–Crippen MR) is 59.4 cm³/mol. The van der Waals surface area contributed by atoms with Crippen LogP contribution in [0.5, 0.6) is 0 Å². The van der Waals surface area contributed by atoms with Crippen molar-refractivity contribution in [1.82, 2.24) is 5.48 Å². The number of nitrogens with one attached hydrogen (secondary N) is 1. The van der Waals surface area contributed by atoms with Crippen LogP contribution in [0.4, 0.5) is 4.39 Å². The highest BCUT2D eigenvalue weighted by molar-refractivity contribution is 9.10. The molecule has 0 heterocycles. The summed E-state index contributed by atoms with van der Waals surface area (Å²) in [6, 6.07) is 4.45. The zero-order valence-electron chi connectivity index (χ0n) is 8.63. The predicted octanol–water partition coefficient (Wildman–Crippen LogP) is 1.90. The van der Waals surface area contributed by atoms with Crippen molar-refractivity contribution in [3.05, 3.63) is 34.1 Å². The molecule has 4 nitrogen and oxygen atoms in total. The average Bonchev–Trinajstić information content (AvgIpc) is 2.28. The molecule has 0 atom stereocenters. The van der Waals surface area contributed by atoms with Crippen LogP contribution in [0.25, 0.3) is 0 Å². The van der Waals surface area contributed by atoms with Crippen LogP contribution < -0.4 is 5.48 Å². The van der Waals surface area contributed by atoms with Gasteiger partial charge in [0.05, 0.1) is 23.2 Å². The summed E-state index contributed by atoms with van der Waals surface area (Å²) in [5.41, 5.74) is 2.04. The Morgan fingerprint density at radius 2 is 2.25 bits per heavy atom. The quantitative estimate of drug-likeness (QED) is 0.666. The van der Waals surface area contributed by atoms with Gasteiger partial charge in [-0.3, -0.25) is 9.63 Å². The normalized spacial score (nSPS) is 10.2. The SMILES string of the molecule is COCCONC(=O)c1cccc(Br)c1F. The summed E-state index contributed by atoms with van der Waals surface area (Å²) in [5, 5.41) is 0. The Bertz CT molecular complexity index is 373. The molecule has 0 spiro atoms.